The van der Waals surface area contributed by atoms with E-state index in [0.29, 0.717) is 0 Å². The predicted octanol–water partition coefficient (Wildman–Crippen LogP) is 3.90. The van der Waals surface area contributed by atoms with Crippen molar-refractivity contribution in [1.82, 2.24) is 4.98 Å². The normalized spacial score (nSPS) is 16.5. The lowest BCUT2D eigenvalue weighted by Gasteiger charge is -2.21. The highest BCUT2D eigenvalue weighted by Gasteiger charge is 2.12. The molecule has 1 fully saturated rings. The Morgan fingerprint density at radius 3 is 2.56 bits per heavy atom. The Morgan fingerprint density at radius 1 is 1.11 bits per heavy atom. The average Bonchev–Trinajstić information content (AvgIpc) is 2.41. The van der Waals surface area contributed by atoms with Crippen molar-refractivity contribution in [1.29, 1.82) is 0 Å². The molecule has 1 aliphatic rings. The first-order chi connectivity index (χ1) is 8.88. The van der Waals surface area contributed by atoms with Gasteiger partial charge >= 0.3 is 0 Å². The molecule has 0 unspecified atom stereocenters. The van der Waals surface area contributed by atoms with Crippen molar-refractivity contribution in [3.05, 3.63) is 18.2 Å². The Labute approximate surface area is 110 Å². The van der Waals surface area contributed by atoms with Crippen LogP contribution in [0.25, 0.3) is 0 Å². The minimum atomic E-state index is 0.915. The van der Waals surface area contributed by atoms with Gasteiger partial charge in [0.1, 0.15) is 11.6 Å². The van der Waals surface area contributed by atoms with Gasteiger partial charge in [0.05, 0.1) is 0 Å². The zero-order chi connectivity index (χ0) is 12.6. The molecule has 0 aromatic carbocycles. The van der Waals surface area contributed by atoms with E-state index < -0.39 is 0 Å². The lowest BCUT2D eigenvalue weighted by molar-refractivity contribution is 0.345. The van der Waals surface area contributed by atoms with Crippen LogP contribution in [0.5, 0.6) is 0 Å². The van der Waals surface area contributed by atoms with Gasteiger partial charge in [-0.3, -0.25) is 0 Å². The summed E-state index contributed by atoms with van der Waals surface area (Å²) in [6, 6.07) is 6.10. The van der Waals surface area contributed by atoms with Crippen molar-refractivity contribution < 1.29 is 0 Å². The second-order valence-corrected chi connectivity index (χ2v) is 5.16. The van der Waals surface area contributed by atoms with E-state index in [2.05, 4.69) is 22.5 Å². The van der Waals surface area contributed by atoms with Crippen molar-refractivity contribution >= 4 is 11.6 Å². The fourth-order valence-electron chi connectivity index (χ4n) is 2.69. The van der Waals surface area contributed by atoms with E-state index in [-0.39, 0.29) is 0 Å². The quantitative estimate of drug-likeness (QED) is 0.800. The van der Waals surface area contributed by atoms with E-state index in [0.717, 1.165) is 30.6 Å². The van der Waals surface area contributed by atoms with Crippen molar-refractivity contribution in [3.8, 4) is 0 Å². The van der Waals surface area contributed by atoms with Crippen LogP contribution in [0.1, 0.15) is 45.4 Å². The number of hydrogen-bond acceptors (Lipinski definition) is 3. The van der Waals surface area contributed by atoms with Crippen LogP contribution in [-0.4, -0.2) is 18.1 Å². The molecular weight excluding hydrogens is 222 g/mol. The molecule has 18 heavy (non-hydrogen) atoms. The molecule has 0 bridgehead atoms. The molecule has 2 N–H and O–H groups in total. The van der Waals surface area contributed by atoms with Gasteiger partial charge in [0, 0.05) is 13.1 Å². The Bertz CT molecular complexity index is 345. The number of nitrogens with zero attached hydrogens (tertiary/aromatic N) is 1. The van der Waals surface area contributed by atoms with Crippen molar-refractivity contribution in [3.63, 3.8) is 0 Å². The summed E-state index contributed by atoms with van der Waals surface area (Å²) in [5.41, 5.74) is 0. The highest BCUT2D eigenvalue weighted by Crippen LogP contribution is 2.26. The summed E-state index contributed by atoms with van der Waals surface area (Å²) in [7, 11) is 0. The molecule has 1 aromatic heterocycles. The van der Waals surface area contributed by atoms with Crippen LogP contribution in [0.2, 0.25) is 0 Å². The summed E-state index contributed by atoms with van der Waals surface area (Å²) in [5, 5.41) is 6.68. The zero-order valence-corrected chi connectivity index (χ0v) is 11.4. The third kappa shape index (κ3) is 4.21. The highest BCUT2D eigenvalue weighted by molar-refractivity contribution is 5.44. The first-order valence-electron chi connectivity index (χ1n) is 7.33. The van der Waals surface area contributed by atoms with E-state index in [1.165, 1.54) is 38.5 Å². The van der Waals surface area contributed by atoms with Crippen LogP contribution in [-0.2, 0) is 0 Å². The number of nitrogens with one attached hydrogen (secondary N) is 2. The molecule has 1 heterocycles. The largest absolute Gasteiger partial charge is 0.370 e. The lowest BCUT2D eigenvalue weighted by atomic mass is 9.87. The fourth-order valence-corrected chi connectivity index (χ4v) is 2.69. The molecule has 1 aromatic rings. The second-order valence-electron chi connectivity index (χ2n) is 5.16. The predicted molar refractivity (Wildman–Crippen MR) is 78.1 cm³/mol. The SMILES string of the molecule is CCNc1cccc(NCCC2CCCCC2)n1. The van der Waals surface area contributed by atoms with E-state index in [9.17, 15) is 0 Å². The smallest absolute Gasteiger partial charge is 0.128 e. The van der Waals surface area contributed by atoms with Crippen LogP contribution in [0.15, 0.2) is 18.2 Å². The standard InChI is InChI=1S/C15H25N3/c1-2-16-14-9-6-10-15(18-14)17-12-11-13-7-4-3-5-8-13/h6,9-10,13H,2-5,7-8,11-12H2,1H3,(H2,16,17,18). The Balaban J connectivity index is 1.73. The van der Waals surface area contributed by atoms with Crippen molar-refractivity contribution in [2.45, 2.75) is 45.4 Å². The number of aromatic nitrogens is 1. The minimum absolute atomic E-state index is 0.915. The van der Waals surface area contributed by atoms with Crippen LogP contribution in [0, 0.1) is 5.92 Å². The van der Waals surface area contributed by atoms with Gasteiger partial charge in [-0.25, -0.2) is 4.98 Å². The molecule has 0 saturated heterocycles. The summed E-state index contributed by atoms with van der Waals surface area (Å²) in [6.45, 7) is 4.05. The Kier molecular flexibility index (Phi) is 5.31. The summed E-state index contributed by atoms with van der Waals surface area (Å²) in [4.78, 5) is 4.52. The molecule has 1 aliphatic carbocycles. The number of hydrogen-bond donors (Lipinski definition) is 2. The van der Waals surface area contributed by atoms with E-state index >= 15 is 0 Å². The van der Waals surface area contributed by atoms with Crippen LogP contribution < -0.4 is 10.6 Å². The number of rotatable bonds is 6. The summed E-state index contributed by atoms with van der Waals surface area (Å²) < 4.78 is 0. The molecule has 0 atom stereocenters. The van der Waals surface area contributed by atoms with Gasteiger partial charge in [0.2, 0.25) is 0 Å². The number of pyridine rings is 1. The Morgan fingerprint density at radius 2 is 1.83 bits per heavy atom. The molecule has 0 aliphatic heterocycles. The molecule has 3 heteroatoms. The van der Waals surface area contributed by atoms with Gasteiger partial charge in [0.25, 0.3) is 0 Å². The molecule has 2 rings (SSSR count). The molecular formula is C15H25N3. The third-order valence-corrected chi connectivity index (χ3v) is 3.69. The maximum absolute atomic E-state index is 4.52. The lowest BCUT2D eigenvalue weighted by Crippen LogP contribution is -2.13. The second kappa shape index (κ2) is 7.24. The first-order valence-corrected chi connectivity index (χ1v) is 7.33. The average molecular weight is 247 g/mol. The first kappa shape index (κ1) is 13.2. The van der Waals surface area contributed by atoms with Crippen LogP contribution in [0.4, 0.5) is 11.6 Å². The fraction of sp³-hybridized carbons (Fsp3) is 0.667. The van der Waals surface area contributed by atoms with Crippen LogP contribution in [0.3, 0.4) is 0 Å². The highest BCUT2D eigenvalue weighted by atomic mass is 15.1. The van der Waals surface area contributed by atoms with Gasteiger partial charge in [-0.15, -0.1) is 0 Å². The van der Waals surface area contributed by atoms with E-state index in [4.69, 9.17) is 0 Å². The summed E-state index contributed by atoms with van der Waals surface area (Å²) in [5.74, 6) is 2.88. The number of anilines is 2. The van der Waals surface area contributed by atoms with Gasteiger partial charge < -0.3 is 10.6 Å². The topological polar surface area (TPSA) is 37.0 Å². The molecule has 0 radical (unpaired) electrons. The van der Waals surface area contributed by atoms with Crippen molar-refractivity contribution in [2.24, 2.45) is 5.92 Å². The van der Waals surface area contributed by atoms with E-state index in [1.54, 1.807) is 0 Å². The molecule has 3 nitrogen and oxygen atoms in total. The van der Waals surface area contributed by atoms with Gasteiger partial charge in [-0.05, 0) is 31.4 Å². The monoisotopic (exact) mass is 247 g/mol. The molecule has 1 saturated carbocycles. The maximum atomic E-state index is 4.52. The summed E-state index contributed by atoms with van der Waals surface area (Å²) in [6.07, 6.45) is 8.43. The molecule has 0 spiro atoms. The van der Waals surface area contributed by atoms with Gasteiger partial charge in [0.15, 0.2) is 0 Å². The third-order valence-electron chi connectivity index (χ3n) is 3.69. The zero-order valence-electron chi connectivity index (χ0n) is 11.4. The van der Waals surface area contributed by atoms with Gasteiger partial charge in [-0.1, -0.05) is 38.2 Å². The molecule has 0 amide bonds. The maximum Gasteiger partial charge on any atom is 0.128 e. The summed E-state index contributed by atoms with van der Waals surface area (Å²) >= 11 is 0. The van der Waals surface area contributed by atoms with Crippen molar-refractivity contribution in [2.75, 3.05) is 23.7 Å². The Hall–Kier alpha value is -1.25. The van der Waals surface area contributed by atoms with Gasteiger partial charge in [-0.2, -0.15) is 0 Å². The van der Waals surface area contributed by atoms with E-state index in [1.807, 2.05) is 18.2 Å². The minimum Gasteiger partial charge on any atom is -0.370 e. The molecule has 100 valence electrons. The van der Waals surface area contributed by atoms with Crippen LogP contribution >= 0.6 is 0 Å².